The third-order valence-electron chi connectivity index (χ3n) is 5.80. The maximum atomic E-state index is 12.8. The first kappa shape index (κ1) is 18.8. The highest BCUT2D eigenvalue weighted by atomic mass is 32.2. The predicted octanol–water partition coefficient (Wildman–Crippen LogP) is 1.78. The van der Waals surface area contributed by atoms with Gasteiger partial charge in [-0.2, -0.15) is 8.95 Å². The number of quaternary nitrogens is 1. The van der Waals surface area contributed by atoms with E-state index in [-0.39, 0.29) is 10.4 Å². The van der Waals surface area contributed by atoms with Gasteiger partial charge in [0.25, 0.3) is 0 Å². The quantitative estimate of drug-likeness (QED) is 0.804. The standard InChI is InChI=1S/C18H29N2O4S/c1-18(2,20(21)10-12-24-13-11-20)8-14-25(22,23)19-9-7-16-5-3-4-6-17(16)15-19/h3-6,21H,7-15H2,1-2H3/q+1. The SMILES string of the molecule is CC(C)(CCS(=O)(=O)N1CCc2ccccc2C1)[N+]1(O)CCOCC1. The highest BCUT2D eigenvalue weighted by molar-refractivity contribution is 7.89. The predicted molar refractivity (Wildman–Crippen MR) is 95.6 cm³/mol. The van der Waals surface area contributed by atoms with Gasteiger partial charge in [0.15, 0.2) is 0 Å². The van der Waals surface area contributed by atoms with Crippen LogP contribution in [0, 0.1) is 0 Å². The van der Waals surface area contributed by atoms with Crippen LogP contribution in [0.4, 0.5) is 0 Å². The minimum atomic E-state index is -3.34. The van der Waals surface area contributed by atoms with E-state index in [1.807, 2.05) is 32.0 Å². The molecule has 1 aromatic carbocycles. The Labute approximate surface area is 150 Å². The van der Waals surface area contributed by atoms with E-state index in [1.54, 1.807) is 4.31 Å². The molecular weight excluding hydrogens is 340 g/mol. The number of hydroxylamine groups is 3. The molecule has 0 radical (unpaired) electrons. The number of rotatable bonds is 5. The number of morpholine rings is 1. The van der Waals surface area contributed by atoms with Crippen LogP contribution < -0.4 is 0 Å². The number of hydrogen-bond donors (Lipinski definition) is 1. The zero-order valence-corrected chi connectivity index (χ0v) is 16.0. The third-order valence-corrected chi connectivity index (χ3v) is 7.62. The molecule has 1 N–H and O–H groups in total. The molecule has 0 bridgehead atoms. The molecule has 0 spiro atoms. The number of hydrogen-bond acceptors (Lipinski definition) is 4. The van der Waals surface area contributed by atoms with Crippen molar-refractivity contribution >= 4 is 10.0 Å². The van der Waals surface area contributed by atoms with Crippen molar-refractivity contribution in [3.8, 4) is 0 Å². The maximum Gasteiger partial charge on any atom is 0.214 e. The molecule has 0 atom stereocenters. The summed E-state index contributed by atoms with van der Waals surface area (Å²) in [6.45, 7) is 6.90. The Morgan fingerprint density at radius 3 is 2.52 bits per heavy atom. The summed E-state index contributed by atoms with van der Waals surface area (Å²) >= 11 is 0. The van der Waals surface area contributed by atoms with Crippen LogP contribution >= 0.6 is 0 Å². The molecule has 2 aliphatic heterocycles. The van der Waals surface area contributed by atoms with E-state index in [0.29, 0.717) is 45.8 Å². The van der Waals surface area contributed by atoms with Gasteiger partial charge in [-0.05, 0) is 31.4 Å². The lowest BCUT2D eigenvalue weighted by Gasteiger charge is -2.45. The van der Waals surface area contributed by atoms with Crippen LogP contribution in [-0.2, 0) is 27.7 Å². The maximum absolute atomic E-state index is 12.8. The molecule has 1 fully saturated rings. The molecule has 140 valence electrons. The van der Waals surface area contributed by atoms with Crippen LogP contribution in [0.5, 0.6) is 0 Å². The van der Waals surface area contributed by atoms with Crippen LogP contribution in [0.2, 0.25) is 0 Å². The number of benzene rings is 1. The van der Waals surface area contributed by atoms with E-state index in [9.17, 15) is 13.6 Å². The Kier molecular flexibility index (Phi) is 5.23. The topological polar surface area (TPSA) is 66.8 Å². The van der Waals surface area contributed by atoms with Gasteiger partial charge in [-0.15, -0.1) is 0 Å². The highest BCUT2D eigenvalue weighted by Gasteiger charge is 2.45. The third kappa shape index (κ3) is 3.90. The second-order valence-electron chi connectivity index (χ2n) is 7.71. The van der Waals surface area contributed by atoms with Crippen molar-refractivity contribution in [3.63, 3.8) is 0 Å². The minimum absolute atomic E-state index is 0.0591. The average molecular weight is 370 g/mol. The minimum Gasteiger partial charge on any atom is -0.370 e. The van der Waals surface area contributed by atoms with Crippen LogP contribution in [0.25, 0.3) is 0 Å². The summed E-state index contributed by atoms with van der Waals surface area (Å²) in [4.78, 5) is 0. The van der Waals surface area contributed by atoms with Gasteiger partial charge < -0.3 is 4.74 Å². The fourth-order valence-corrected chi connectivity index (χ4v) is 5.39. The van der Waals surface area contributed by atoms with Crippen molar-refractivity contribution in [2.75, 3.05) is 38.6 Å². The van der Waals surface area contributed by atoms with Crippen LogP contribution in [0.15, 0.2) is 24.3 Å². The van der Waals surface area contributed by atoms with Gasteiger partial charge in [-0.1, -0.05) is 24.3 Å². The van der Waals surface area contributed by atoms with Gasteiger partial charge in [0, 0.05) is 19.5 Å². The number of fused-ring (bicyclic) bond motifs is 1. The van der Waals surface area contributed by atoms with Crippen molar-refractivity contribution < 1.29 is 23.0 Å². The molecular formula is C18H29N2O4S+. The lowest BCUT2D eigenvalue weighted by molar-refractivity contribution is -1.14. The normalized spacial score (nSPS) is 21.7. The van der Waals surface area contributed by atoms with Crippen molar-refractivity contribution in [1.29, 1.82) is 0 Å². The highest BCUT2D eigenvalue weighted by Crippen LogP contribution is 2.29. The zero-order chi connectivity index (χ0) is 18.1. The smallest absolute Gasteiger partial charge is 0.214 e. The number of nitrogens with zero attached hydrogens (tertiary/aromatic N) is 2. The van der Waals surface area contributed by atoms with Gasteiger partial charge in [0.2, 0.25) is 10.0 Å². The summed E-state index contributed by atoms with van der Waals surface area (Å²) < 4.78 is 32.5. The Bertz CT molecular complexity index is 712. The van der Waals surface area contributed by atoms with Crippen molar-refractivity contribution in [1.82, 2.24) is 4.31 Å². The van der Waals surface area contributed by atoms with Gasteiger partial charge >= 0.3 is 0 Å². The molecule has 7 heteroatoms. The molecule has 2 heterocycles. The molecule has 1 saturated heterocycles. The Morgan fingerprint density at radius 2 is 1.84 bits per heavy atom. The summed E-state index contributed by atoms with van der Waals surface area (Å²) in [7, 11) is -3.34. The number of sulfonamides is 1. The van der Waals surface area contributed by atoms with Gasteiger partial charge in [-0.25, -0.2) is 13.6 Å². The Balaban J connectivity index is 1.66. The molecule has 0 unspecified atom stereocenters. The Morgan fingerprint density at radius 1 is 1.20 bits per heavy atom. The summed E-state index contributed by atoms with van der Waals surface area (Å²) in [5.41, 5.74) is 1.81. The molecule has 6 nitrogen and oxygen atoms in total. The zero-order valence-electron chi connectivity index (χ0n) is 15.1. The van der Waals surface area contributed by atoms with E-state index in [4.69, 9.17) is 4.74 Å². The van der Waals surface area contributed by atoms with Gasteiger partial charge in [-0.3, -0.25) is 0 Å². The average Bonchev–Trinajstić information content (AvgIpc) is 2.60. The molecule has 0 amide bonds. The fourth-order valence-electron chi connectivity index (χ4n) is 3.67. The van der Waals surface area contributed by atoms with Crippen molar-refractivity contribution in [2.45, 2.75) is 38.8 Å². The van der Waals surface area contributed by atoms with Gasteiger partial charge in [0.05, 0.1) is 19.0 Å². The first-order valence-electron chi connectivity index (χ1n) is 8.96. The molecule has 1 aromatic rings. The second kappa shape index (κ2) is 6.96. The summed E-state index contributed by atoms with van der Waals surface area (Å²) in [6, 6.07) is 8.03. The van der Waals surface area contributed by atoms with E-state index < -0.39 is 15.6 Å². The van der Waals surface area contributed by atoms with Crippen LogP contribution in [0.1, 0.15) is 31.4 Å². The lowest BCUT2D eigenvalue weighted by atomic mass is 9.98. The monoisotopic (exact) mass is 369 g/mol. The first-order valence-corrected chi connectivity index (χ1v) is 10.6. The van der Waals surface area contributed by atoms with Crippen molar-refractivity contribution in [3.05, 3.63) is 35.4 Å². The van der Waals surface area contributed by atoms with E-state index in [0.717, 1.165) is 12.0 Å². The van der Waals surface area contributed by atoms with E-state index in [1.165, 1.54) is 5.56 Å². The fraction of sp³-hybridized carbons (Fsp3) is 0.667. The van der Waals surface area contributed by atoms with Crippen LogP contribution in [-0.4, -0.2) is 66.7 Å². The Hall–Kier alpha value is -0.990. The lowest BCUT2D eigenvalue weighted by Crippen LogP contribution is -2.64. The first-order chi connectivity index (χ1) is 11.7. The molecule has 3 rings (SSSR count). The number of ether oxygens (including phenoxy) is 1. The van der Waals surface area contributed by atoms with Crippen LogP contribution in [0.3, 0.4) is 0 Å². The summed E-state index contributed by atoms with van der Waals surface area (Å²) in [5.74, 6) is 0.0591. The molecule has 2 aliphatic rings. The molecule has 0 saturated carbocycles. The van der Waals surface area contributed by atoms with Gasteiger partial charge in [0.1, 0.15) is 18.6 Å². The van der Waals surface area contributed by atoms with E-state index >= 15 is 0 Å². The molecule has 0 aromatic heterocycles. The van der Waals surface area contributed by atoms with Crippen molar-refractivity contribution in [2.24, 2.45) is 0 Å². The summed E-state index contributed by atoms with van der Waals surface area (Å²) in [6.07, 6.45) is 1.18. The molecule has 0 aliphatic carbocycles. The largest absolute Gasteiger partial charge is 0.370 e. The molecule has 25 heavy (non-hydrogen) atoms. The second-order valence-corrected chi connectivity index (χ2v) is 9.80. The summed E-state index contributed by atoms with van der Waals surface area (Å²) in [5, 5.41) is 10.9. The van der Waals surface area contributed by atoms with E-state index in [2.05, 4.69) is 6.07 Å².